The van der Waals surface area contributed by atoms with Crippen LogP contribution in [0.3, 0.4) is 0 Å². The highest BCUT2D eigenvalue weighted by Gasteiger charge is 2.16. The van der Waals surface area contributed by atoms with Gasteiger partial charge < -0.3 is 19.5 Å². The molecule has 1 N–H and O–H groups in total. The molecule has 0 fully saturated rings. The monoisotopic (exact) mass is 400 g/mol. The Labute approximate surface area is 167 Å². The predicted molar refractivity (Wildman–Crippen MR) is 105 cm³/mol. The van der Waals surface area contributed by atoms with Crippen LogP contribution < -0.4 is 14.8 Å². The van der Waals surface area contributed by atoms with Crippen molar-refractivity contribution in [3.63, 3.8) is 0 Å². The van der Waals surface area contributed by atoms with E-state index in [1.165, 1.54) is 37.4 Å². The van der Waals surface area contributed by atoms with E-state index in [0.29, 0.717) is 17.1 Å². The first-order valence-electron chi connectivity index (χ1n) is 8.49. The van der Waals surface area contributed by atoms with Crippen LogP contribution in [0.5, 0.6) is 11.5 Å². The lowest BCUT2D eigenvalue weighted by Gasteiger charge is -2.11. The van der Waals surface area contributed by atoms with E-state index >= 15 is 0 Å². The van der Waals surface area contributed by atoms with Gasteiger partial charge >= 0.3 is 5.97 Å². The summed E-state index contributed by atoms with van der Waals surface area (Å²) in [6, 6.07) is 8.73. The summed E-state index contributed by atoms with van der Waals surface area (Å²) in [4.78, 5) is 34.6. The summed E-state index contributed by atoms with van der Waals surface area (Å²) in [5.74, 6) is -0.599. The van der Waals surface area contributed by atoms with E-state index in [1.54, 1.807) is 19.1 Å². The Morgan fingerprint density at radius 3 is 2.62 bits per heavy atom. The van der Waals surface area contributed by atoms with Crippen molar-refractivity contribution in [2.75, 3.05) is 25.6 Å². The summed E-state index contributed by atoms with van der Waals surface area (Å²) in [5.41, 5.74) is 0.750. The molecule has 0 atom stereocenters. The van der Waals surface area contributed by atoms with E-state index in [2.05, 4.69) is 11.9 Å². The van der Waals surface area contributed by atoms with Crippen molar-refractivity contribution >= 4 is 23.3 Å². The quantitative estimate of drug-likeness (QED) is 0.297. The highest BCUT2D eigenvalue weighted by Crippen LogP contribution is 2.28. The van der Waals surface area contributed by atoms with Crippen LogP contribution in [-0.4, -0.2) is 37.1 Å². The lowest BCUT2D eigenvalue weighted by molar-refractivity contribution is -0.385. The largest absolute Gasteiger partial charge is 0.493 e. The Morgan fingerprint density at radius 1 is 1.21 bits per heavy atom. The Morgan fingerprint density at radius 2 is 1.97 bits per heavy atom. The zero-order chi connectivity index (χ0) is 21.4. The minimum atomic E-state index is -0.733. The molecule has 0 heterocycles. The number of benzene rings is 2. The Balaban J connectivity index is 1.98. The minimum Gasteiger partial charge on any atom is -0.493 e. The van der Waals surface area contributed by atoms with Crippen LogP contribution in [0, 0.1) is 17.0 Å². The number of carbonyl (C=O) groups is 2. The summed E-state index contributed by atoms with van der Waals surface area (Å²) in [6.45, 7) is 4.86. The van der Waals surface area contributed by atoms with Gasteiger partial charge in [0.05, 0.1) is 17.6 Å². The molecule has 0 bridgehead atoms. The number of ether oxygens (including phenoxy) is 3. The molecule has 152 valence electrons. The van der Waals surface area contributed by atoms with Crippen LogP contribution in [0.2, 0.25) is 0 Å². The van der Waals surface area contributed by atoms with Crippen molar-refractivity contribution in [2.45, 2.75) is 6.92 Å². The Kier molecular flexibility index (Phi) is 7.30. The van der Waals surface area contributed by atoms with E-state index in [0.717, 1.165) is 0 Å². The van der Waals surface area contributed by atoms with E-state index < -0.39 is 23.4 Å². The highest BCUT2D eigenvalue weighted by molar-refractivity contribution is 5.96. The van der Waals surface area contributed by atoms with Gasteiger partial charge in [-0.05, 0) is 31.2 Å². The predicted octanol–water partition coefficient (Wildman–Crippen LogP) is 3.27. The number of methoxy groups -OCH3 is 1. The Bertz CT molecular complexity index is 940. The third-order valence-corrected chi connectivity index (χ3v) is 3.78. The van der Waals surface area contributed by atoms with Crippen molar-refractivity contribution in [3.8, 4) is 11.5 Å². The number of hydrogen-bond donors (Lipinski definition) is 1. The van der Waals surface area contributed by atoms with Gasteiger partial charge in [-0.3, -0.25) is 14.9 Å². The summed E-state index contributed by atoms with van der Waals surface area (Å²) in [5, 5.41) is 13.4. The average Bonchev–Trinajstić information content (AvgIpc) is 2.71. The number of nitrogens with one attached hydrogen (secondary N) is 1. The van der Waals surface area contributed by atoms with Gasteiger partial charge in [0.15, 0.2) is 18.1 Å². The van der Waals surface area contributed by atoms with Crippen molar-refractivity contribution in [3.05, 3.63) is 70.3 Å². The number of aryl methyl sites for hydroxylation is 1. The van der Waals surface area contributed by atoms with E-state index in [4.69, 9.17) is 14.2 Å². The molecule has 0 saturated heterocycles. The average molecular weight is 400 g/mol. The molecule has 9 nitrogen and oxygen atoms in total. The lowest BCUT2D eigenvalue weighted by atomic mass is 10.2. The van der Waals surface area contributed by atoms with Crippen LogP contribution in [0.15, 0.2) is 49.1 Å². The first-order valence-corrected chi connectivity index (χ1v) is 8.49. The summed E-state index contributed by atoms with van der Waals surface area (Å²) < 4.78 is 15.6. The molecular weight excluding hydrogens is 380 g/mol. The fourth-order valence-corrected chi connectivity index (χ4v) is 2.36. The van der Waals surface area contributed by atoms with Gasteiger partial charge in [0.1, 0.15) is 6.61 Å². The van der Waals surface area contributed by atoms with Crippen LogP contribution in [-0.2, 0) is 9.53 Å². The molecule has 0 aromatic heterocycles. The maximum Gasteiger partial charge on any atom is 0.338 e. The third-order valence-electron chi connectivity index (χ3n) is 3.78. The molecule has 29 heavy (non-hydrogen) atoms. The second-order valence-corrected chi connectivity index (χ2v) is 5.85. The van der Waals surface area contributed by atoms with Gasteiger partial charge in [-0.2, -0.15) is 0 Å². The molecule has 0 unspecified atom stereocenters. The maximum absolute atomic E-state index is 12.2. The summed E-state index contributed by atoms with van der Waals surface area (Å²) in [6.07, 6.45) is 1.57. The number of hydrogen-bond acceptors (Lipinski definition) is 7. The number of nitrogens with zero attached hydrogens (tertiary/aromatic N) is 1. The lowest BCUT2D eigenvalue weighted by Crippen LogP contribution is -2.21. The van der Waals surface area contributed by atoms with Crippen molar-refractivity contribution in [2.24, 2.45) is 0 Å². The molecule has 2 rings (SSSR count). The van der Waals surface area contributed by atoms with E-state index in [-0.39, 0.29) is 23.5 Å². The van der Waals surface area contributed by atoms with Crippen LogP contribution in [0.4, 0.5) is 11.4 Å². The minimum absolute atomic E-state index is 0.120. The topological polar surface area (TPSA) is 117 Å². The normalized spacial score (nSPS) is 10.0. The molecule has 0 aliphatic carbocycles. The summed E-state index contributed by atoms with van der Waals surface area (Å²) in [7, 11) is 1.43. The number of amides is 1. The number of nitro benzene ring substituents is 1. The number of anilines is 1. The molecule has 0 saturated carbocycles. The number of nitro groups is 1. The van der Waals surface area contributed by atoms with Crippen LogP contribution in [0.25, 0.3) is 0 Å². The second-order valence-electron chi connectivity index (χ2n) is 5.85. The zero-order valence-corrected chi connectivity index (χ0v) is 16.0. The maximum atomic E-state index is 12.2. The Hall–Kier alpha value is -3.88. The molecular formula is C20H20N2O7. The third kappa shape index (κ3) is 5.80. The standard InChI is InChI=1S/C20H20N2O7/c1-4-9-28-17-8-6-14(10-18(17)27-3)20(24)29-12-19(23)21-15-7-5-13(2)16(11-15)22(25)26/h4-8,10-11H,1,9,12H2,2-3H3,(H,21,23). The molecule has 2 aromatic carbocycles. The van der Waals surface area contributed by atoms with Gasteiger partial charge in [-0.1, -0.05) is 18.7 Å². The fraction of sp³-hybridized carbons (Fsp3) is 0.200. The van der Waals surface area contributed by atoms with Crippen LogP contribution >= 0.6 is 0 Å². The first kappa shape index (κ1) is 21.4. The number of esters is 1. The summed E-state index contributed by atoms with van der Waals surface area (Å²) >= 11 is 0. The first-order chi connectivity index (χ1) is 13.8. The fourth-order valence-electron chi connectivity index (χ4n) is 2.36. The van der Waals surface area contributed by atoms with Gasteiger partial charge in [-0.25, -0.2) is 4.79 Å². The molecule has 0 radical (unpaired) electrons. The molecule has 0 aliphatic heterocycles. The number of carbonyl (C=O) groups excluding carboxylic acids is 2. The smallest absolute Gasteiger partial charge is 0.338 e. The molecule has 0 spiro atoms. The molecule has 1 amide bonds. The highest BCUT2D eigenvalue weighted by atomic mass is 16.6. The van der Waals surface area contributed by atoms with Crippen LogP contribution in [0.1, 0.15) is 15.9 Å². The van der Waals surface area contributed by atoms with E-state index in [1.807, 2.05) is 0 Å². The second kappa shape index (κ2) is 9.88. The molecule has 0 aliphatic rings. The number of rotatable bonds is 9. The van der Waals surface area contributed by atoms with E-state index in [9.17, 15) is 19.7 Å². The SMILES string of the molecule is C=CCOc1ccc(C(=O)OCC(=O)Nc2ccc(C)c([N+](=O)[O-])c2)cc1OC. The molecule has 9 heteroatoms. The van der Waals surface area contributed by atoms with Gasteiger partial charge in [0.25, 0.3) is 11.6 Å². The van der Waals surface area contributed by atoms with Crippen molar-refractivity contribution < 1.29 is 28.7 Å². The van der Waals surface area contributed by atoms with Gasteiger partial charge in [0.2, 0.25) is 0 Å². The van der Waals surface area contributed by atoms with Gasteiger partial charge in [-0.15, -0.1) is 0 Å². The zero-order valence-electron chi connectivity index (χ0n) is 16.0. The van der Waals surface area contributed by atoms with Gasteiger partial charge in [0, 0.05) is 17.3 Å². The van der Waals surface area contributed by atoms with Crippen molar-refractivity contribution in [1.82, 2.24) is 0 Å². The van der Waals surface area contributed by atoms with Crippen molar-refractivity contribution in [1.29, 1.82) is 0 Å². The molecule has 2 aromatic rings.